The van der Waals surface area contributed by atoms with Crippen LogP contribution in [0.15, 0.2) is 53.1 Å². The van der Waals surface area contributed by atoms with E-state index in [1.165, 1.54) is 0 Å². The van der Waals surface area contributed by atoms with Gasteiger partial charge in [0.05, 0.1) is 36.4 Å². The molecule has 0 fully saturated rings. The Hall–Kier alpha value is -3.57. The second-order valence-electron chi connectivity index (χ2n) is 7.00. The Bertz CT molecular complexity index is 1320. The molecule has 0 saturated carbocycles. The minimum Gasteiger partial charge on any atom is -0.465 e. The number of H-pyrrole nitrogens is 1. The lowest BCUT2D eigenvalue weighted by molar-refractivity contribution is 0.0528. The number of aromatic amines is 1. The smallest absolute Gasteiger partial charge is 0.340 e. The molecular formula is C24H21BrN4O3. The molecule has 2 aromatic heterocycles. The van der Waals surface area contributed by atoms with Gasteiger partial charge in [0.2, 0.25) is 0 Å². The van der Waals surface area contributed by atoms with Crippen LogP contribution in [0.2, 0.25) is 0 Å². The van der Waals surface area contributed by atoms with Gasteiger partial charge in [0.1, 0.15) is 11.8 Å². The van der Waals surface area contributed by atoms with Crippen molar-refractivity contribution < 1.29 is 14.3 Å². The molecule has 0 aliphatic rings. The highest BCUT2D eigenvalue weighted by Crippen LogP contribution is 2.32. The maximum absolute atomic E-state index is 12.6. The highest BCUT2D eigenvalue weighted by molar-refractivity contribution is 9.10. The fraction of sp³-hybridized carbons (Fsp3) is 0.208. The van der Waals surface area contributed by atoms with Gasteiger partial charge in [-0.15, -0.1) is 0 Å². The second-order valence-corrected chi connectivity index (χ2v) is 7.86. The van der Waals surface area contributed by atoms with Crippen molar-refractivity contribution in [2.24, 2.45) is 0 Å². The molecule has 0 amide bonds. The molecular weight excluding hydrogens is 472 g/mol. The maximum Gasteiger partial charge on any atom is 0.340 e. The number of fused-ring (bicyclic) bond motifs is 1. The van der Waals surface area contributed by atoms with Crippen LogP contribution >= 0.6 is 15.9 Å². The number of benzene rings is 2. The summed E-state index contributed by atoms with van der Waals surface area (Å²) >= 11 is 3.49. The van der Waals surface area contributed by atoms with Crippen LogP contribution in [-0.2, 0) is 11.3 Å². The molecule has 0 spiro atoms. The van der Waals surface area contributed by atoms with Gasteiger partial charge in [-0.3, -0.25) is 4.57 Å². The van der Waals surface area contributed by atoms with E-state index in [-0.39, 0.29) is 5.97 Å². The van der Waals surface area contributed by atoms with Gasteiger partial charge in [0.25, 0.3) is 6.01 Å². The summed E-state index contributed by atoms with van der Waals surface area (Å²) < 4.78 is 13.7. The van der Waals surface area contributed by atoms with Crippen LogP contribution < -0.4 is 4.74 Å². The van der Waals surface area contributed by atoms with E-state index < -0.39 is 0 Å². The third kappa shape index (κ3) is 3.99. The van der Waals surface area contributed by atoms with Gasteiger partial charge < -0.3 is 14.5 Å². The quantitative estimate of drug-likeness (QED) is 0.353. The normalized spacial score (nSPS) is 10.8. The molecule has 7 nitrogen and oxygen atoms in total. The number of rotatable bonds is 7. The molecule has 4 aromatic rings. The third-order valence-electron chi connectivity index (χ3n) is 5.03. The number of esters is 1. The number of carbonyl (C=O) groups excluding carboxylic acids is 1. The number of para-hydroxylation sites is 1. The van der Waals surface area contributed by atoms with Gasteiger partial charge in [0.15, 0.2) is 0 Å². The standard InChI is InChI=1S/C24H21BrN4O3/c1-3-31-23(30)17-6-5-7-19-22(17)29(24(28-19)32-4-2)14-15-8-10-16(11-9-15)21-18(25)13-27-20(21)12-26/h5-11,13,27H,3-4,14H2,1-2H3. The molecule has 2 heterocycles. The van der Waals surface area contributed by atoms with Crippen LogP contribution in [-0.4, -0.2) is 33.7 Å². The summed E-state index contributed by atoms with van der Waals surface area (Å²) in [6, 6.07) is 15.9. The summed E-state index contributed by atoms with van der Waals surface area (Å²) in [6.07, 6.45) is 1.75. The predicted octanol–water partition coefficient (Wildman–Crippen LogP) is 5.29. The Morgan fingerprint density at radius 3 is 2.66 bits per heavy atom. The van der Waals surface area contributed by atoms with Gasteiger partial charge in [-0.05, 0) is 53.0 Å². The fourth-order valence-electron chi connectivity index (χ4n) is 3.65. The van der Waals surface area contributed by atoms with Crippen molar-refractivity contribution in [1.82, 2.24) is 14.5 Å². The van der Waals surface area contributed by atoms with Crippen molar-refractivity contribution in [2.75, 3.05) is 13.2 Å². The Balaban J connectivity index is 1.75. The van der Waals surface area contributed by atoms with Crippen molar-refractivity contribution in [3.05, 3.63) is 70.0 Å². The monoisotopic (exact) mass is 492 g/mol. The lowest BCUT2D eigenvalue weighted by Crippen LogP contribution is -2.10. The van der Waals surface area contributed by atoms with Gasteiger partial charge in [-0.2, -0.15) is 10.2 Å². The number of ether oxygens (including phenoxy) is 2. The predicted molar refractivity (Wildman–Crippen MR) is 125 cm³/mol. The first-order valence-electron chi connectivity index (χ1n) is 10.2. The SMILES string of the molecule is CCOC(=O)c1cccc2nc(OCC)n(Cc3ccc(-c4c(Br)c[nH]c4C#N)cc3)c12. The largest absolute Gasteiger partial charge is 0.465 e. The van der Waals surface area contributed by atoms with E-state index in [2.05, 4.69) is 32.0 Å². The first-order valence-corrected chi connectivity index (χ1v) is 11.0. The van der Waals surface area contributed by atoms with E-state index in [1.54, 1.807) is 25.3 Å². The summed E-state index contributed by atoms with van der Waals surface area (Å²) in [5.74, 6) is -0.390. The highest BCUT2D eigenvalue weighted by atomic mass is 79.9. The number of hydrogen-bond acceptors (Lipinski definition) is 5. The number of aromatic nitrogens is 3. The molecule has 1 N–H and O–H groups in total. The van der Waals surface area contributed by atoms with Crippen LogP contribution in [0.5, 0.6) is 6.01 Å². The molecule has 0 aliphatic carbocycles. The number of halogens is 1. The zero-order valence-electron chi connectivity index (χ0n) is 17.7. The summed E-state index contributed by atoms with van der Waals surface area (Å²) in [5.41, 5.74) is 5.05. The minimum absolute atomic E-state index is 0.294. The Labute approximate surface area is 193 Å². The Morgan fingerprint density at radius 1 is 1.19 bits per heavy atom. The molecule has 0 aliphatic heterocycles. The van der Waals surface area contributed by atoms with E-state index in [4.69, 9.17) is 9.47 Å². The fourth-order valence-corrected chi connectivity index (χ4v) is 4.19. The number of imidazole rings is 1. The molecule has 0 saturated heterocycles. The van der Waals surface area contributed by atoms with E-state index >= 15 is 0 Å². The number of hydrogen-bond donors (Lipinski definition) is 1. The number of nitrogens with one attached hydrogen (secondary N) is 1. The van der Waals surface area contributed by atoms with E-state index in [1.807, 2.05) is 41.8 Å². The Morgan fingerprint density at radius 2 is 1.97 bits per heavy atom. The Kier molecular flexibility index (Phi) is 6.28. The zero-order chi connectivity index (χ0) is 22.7. The van der Waals surface area contributed by atoms with E-state index in [0.717, 1.165) is 21.2 Å². The van der Waals surface area contributed by atoms with Gasteiger partial charge in [-0.1, -0.05) is 30.3 Å². The molecule has 4 rings (SSSR count). The summed E-state index contributed by atoms with van der Waals surface area (Å²) in [5, 5.41) is 9.35. The molecule has 162 valence electrons. The van der Waals surface area contributed by atoms with Crippen LogP contribution in [0, 0.1) is 11.3 Å². The molecule has 0 bridgehead atoms. The first kappa shape index (κ1) is 21.7. The molecule has 0 radical (unpaired) electrons. The number of nitriles is 1. The van der Waals surface area contributed by atoms with Gasteiger partial charge in [0, 0.05) is 16.2 Å². The average molecular weight is 493 g/mol. The van der Waals surface area contributed by atoms with Crippen molar-refractivity contribution in [3.63, 3.8) is 0 Å². The third-order valence-corrected chi connectivity index (χ3v) is 5.65. The maximum atomic E-state index is 12.6. The summed E-state index contributed by atoms with van der Waals surface area (Å²) in [4.78, 5) is 20.1. The molecule has 8 heteroatoms. The number of nitrogens with zero attached hydrogens (tertiary/aromatic N) is 3. The van der Waals surface area contributed by atoms with Crippen LogP contribution in [0.25, 0.3) is 22.2 Å². The van der Waals surface area contributed by atoms with Crippen molar-refractivity contribution in [2.45, 2.75) is 20.4 Å². The van der Waals surface area contributed by atoms with E-state index in [0.29, 0.717) is 48.1 Å². The zero-order valence-corrected chi connectivity index (χ0v) is 19.3. The van der Waals surface area contributed by atoms with Crippen LogP contribution in [0.4, 0.5) is 0 Å². The van der Waals surface area contributed by atoms with Crippen LogP contribution in [0.3, 0.4) is 0 Å². The van der Waals surface area contributed by atoms with Gasteiger partial charge in [-0.25, -0.2) is 4.79 Å². The lowest BCUT2D eigenvalue weighted by Gasteiger charge is -2.12. The van der Waals surface area contributed by atoms with Crippen molar-refractivity contribution >= 4 is 32.9 Å². The molecule has 0 atom stereocenters. The summed E-state index contributed by atoms with van der Waals surface area (Å²) in [7, 11) is 0. The summed E-state index contributed by atoms with van der Waals surface area (Å²) in [6.45, 7) is 4.88. The van der Waals surface area contributed by atoms with Crippen molar-refractivity contribution in [1.29, 1.82) is 5.26 Å². The minimum atomic E-state index is -0.390. The highest BCUT2D eigenvalue weighted by Gasteiger charge is 2.20. The molecule has 2 aromatic carbocycles. The molecule has 0 unspecified atom stereocenters. The average Bonchev–Trinajstić information content (AvgIpc) is 3.34. The van der Waals surface area contributed by atoms with Crippen molar-refractivity contribution in [3.8, 4) is 23.2 Å². The van der Waals surface area contributed by atoms with Gasteiger partial charge >= 0.3 is 5.97 Å². The number of carbonyl (C=O) groups is 1. The van der Waals surface area contributed by atoms with Crippen LogP contribution in [0.1, 0.15) is 35.5 Å². The second kappa shape index (κ2) is 9.28. The first-order chi connectivity index (χ1) is 15.6. The van der Waals surface area contributed by atoms with E-state index in [9.17, 15) is 10.1 Å². The molecule has 32 heavy (non-hydrogen) atoms. The lowest BCUT2D eigenvalue weighted by atomic mass is 10.0. The topological polar surface area (TPSA) is 92.9 Å².